The van der Waals surface area contributed by atoms with E-state index in [1.807, 2.05) is 4.68 Å². The molecular weight excluding hydrogens is 212 g/mol. The Kier molecular flexibility index (Phi) is 2.92. The third-order valence-electron chi connectivity index (χ3n) is 4.03. The minimum Gasteiger partial charge on any atom is -0.314 e. The molecule has 1 N–H and O–H groups in total. The highest BCUT2D eigenvalue weighted by atomic mass is 15.3. The summed E-state index contributed by atoms with van der Waals surface area (Å²) in [5.74, 6) is 0.942. The fourth-order valence-electron chi connectivity index (χ4n) is 2.93. The highest BCUT2D eigenvalue weighted by Crippen LogP contribution is 2.36. The van der Waals surface area contributed by atoms with Crippen LogP contribution >= 0.6 is 0 Å². The number of aryl methyl sites for hydroxylation is 2. The first-order valence-corrected chi connectivity index (χ1v) is 6.68. The Morgan fingerprint density at radius 2 is 2.29 bits per heavy atom. The normalized spacial score (nSPS) is 26.4. The Morgan fingerprint density at radius 1 is 1.47 bits per heavy atom. The highest BCUT2D eigenvalue weighted by Gasteiger charge is 2.36. The van der Waals surface area contributed by atoms with Gasteiger partial charge in [-0.3, -0.25) is 9.58 Å². The quantitative estimate of drug-likeness (QED) is 0.844. The maximum absolute atomic E-state index is 4.44. The molecule has 1 saturated heterocycles. The lowest BCUT2D eigenvalue weighted by Crippen LogP contribution is -2.51. The van der Waals surface area contributed by atoms with Gasteiger partial charge in [0.05, 0.1) is 11.4 Å². The van der Waals surface area contributed by atoms with Crippen LogP contribution in [0.3, 0.4) is 0 Å². The molecule has 17 heavy (non-hydrogen) atoms. The number of hydrogen-bond donors (Lipinski definition) is 1. The molecule has 2 fully saturated rings. The van der Waals surface area contributed by atoms with Crippen molar-refractivity contribution in [2.24, 2.45) is 13.0 Å². The molecule has 1 aliphatic carbocycles. The molecule has 94 valence electrons. The van der Waals surface area contributed by atoms with Crippen molar-refractivity contribution in [3.8, 4) is 0 Å². The minimum absolute atomic E-state index is 0.749. The maximum Gasteiger partial charge on any atom is 0.0597 e. The third kappa shape index (κ3) is 2.38. The monoisotopic (exact) mass is 234 g/mol. The lowest BCUT2D eigenvalue weighted by atomic mass is 10.1. The summed E-state index contributed by atoms with van der Waals surface area (Å²) in [5.41, 5.74) is 2.47. The summed E-state index contributed by atoms with van der Waals surface area (Å²) in [4.78, 5) is 2.64. The van der Waals surface area contributed by atoms with Gasteiger partial charge in [0.25, 0.3) is 0 Å². The molecule has 2 heterocycles. The summed E-state index contributed by atoms with van der Waals surface area (Å²) in [7, 11) is 2.05. The number of aromatic nitrogens is 2. The first kappa shape index (κ1) is 11.2. The van der Waals surface area contributed by atoms with Crippen molar-refractivity contribution in [3.63, 3.8) is 0 Å². The molecular formula is C13H22N4. The Labute approximate surface area is 103 Å². The lowest BCUT2D eigenvalue weighted by Gasteiger charge is -2.36. The van der Waals surface area contributed by atoms with E-state index < -0.39 is 0 Å². The van der Waals surface area contributed by atoms with Crippen LogP contribution < -0.4 is 5.32 Å². The van der Waals surface area contributed by atoms with Crippen LogP contribution in [0.2, 0.25) is 0 Å². The zero-order chi connectivity index (χ0) is 11.8. The zero-order valence-electron chi connectivity index (χ0n) is 10.8. The van der Waals surface area contributed by atoms with Gasteiger partial charge in [0.15, 0.2) is 0 Å². The molecule has 1 unspecified atom stereocenters. The zero-order valence-corrected chi connectivity index (χ0v) is 10.8. The van der Waals surface area contributed by atoms with Gasteiger partial charge in [-0.2, -0.15) is 5.10 Å². The molecule has 0 radical (unpaired) electrons. The van der Waals surface area contributed by atoms with Crippen LogP contribution in [0.25, 0.3) is 0 Å². The molecule has 3 rings (SSSR count). The van der Waals surface area contributed by atoms with E-state index in [-0.39, 0.29) is 0 Å². The molecule has 1 saturated carbocycles. The smallest absolute Gasteiger partial charge is 0.0597 e. The van der Waals surface area contributed by atoms with Gasteiger partial charge in [-0.1, -0.05) is 0 Å². The van der Waals surface area contributed by atoms with Crippen molar-refractivity contribution < 1.29 is 0 Å². The molecule has 1 atom stereocenters. The van der Waals surface area contributed by atoms with E-state index >= 15 is 0 Å². The molecule has 1 aromatic rings. The minimum atomic E-state index is 0.749. The molecule has 1 aromatic heterocycles. The van der Waals surface area contributed by atoms with Crippen molar-refractivity contribution in [2.75, 3.05) is 19.6 Å². The Hall–Kier alpha value is -0.870. The molecule has 4 heteroatoms. The van der Waals surface area contributed by atoms with E-state index in [0.29, 0.717) is 0 Å². The number of hydrogen-bond acceptors (Lipinski definition) is 3. The lowest BCUT2D eigenvalue weighted by molar-refractivity contribution is 0.132. The first-order chi connectivity index (χ1) is 8.24. The van der Waals surface area contributed by atoms with Crippen LogP contribution in [0.4, 0.5) is 0 Å². The van der Waals surface area contributed by atoms with Gasteiger partial charge in [0, 0.05) is 39.3 Å². The fraction of sp³-hybridized carbons (Fsp3) is 0.769. The van der Waals surface area contributed by atoms with E-state index in [1.54, 1.807) is 0 Å². The van der Waals surface area contributed by atoms with Gasteiger partial charge >= 0.3 is 0 Å². The average molecular weight is 234 g/mol. The predicted molar refractivity (Wildman–Crippen MR) is 67.7 cm³/mol. The largest absolute Gasteiger partial charge is 0.314 e. The van der Waals surface area contributed by atoms with Crippen LogP contribution in [0.1, 0.15) is 24.2 Å². The summed E-state index contributed by atoms with van der Waals surface area (Å²) in [5, 5.41) is 7.96. The Bertz CT molecular complexity index is 394. The van der Waals surface area contributed by atoms with Crippen molar-refractivity contribution in [3.05, 3.63) is 17.5 Å². The standard InChI is InChI=1S/C13H22N4/c1-10-7-12(16(2)15-10)9-17-6-5-14-8-13(17)11-3-4-11/h7,11,13-14H,3-6,8-9H2,1-2H3. The van der Waals surface area contributed by atoms with Gasteiger partial charge in [0.2, 0.25) is 0 Å². The van der Waals surface area contributed by atoms with E-state index in [9.17, 15) is 0 Å². The van der Waals surface area contributed by atoms with E-state index in [1.165, 1.54) is 31.6 Å². The Balaban J connectivity index is 1.71. The summed E-state index contributed by atoms with van der Waals surface area (Å²) in [6.45, 7) is 6.59. The van der Waals surface area contributed by atoms with E-state index in [2.05, 4.69) is 35.4 Å². The van der Waals surface area contributed by atoms with Gasteiger partial charge in [0.1, 0.15) is 0 Å². The Morgan fingerprint density at radius 3 is 2.94 bits per heavy atom. The maximum atomic E-state index is 4.44. The summed E-state index contributed by atoms with van der Waals surface area (Å²) < 4.78 is 2.03. The number of rotatable bonds is 3. The van der Waals surface area contributed by atoms with Gasteiger partial charge in [-0.25, -0.2) is 0 Å². The first-order valence-electron chi connectivity index (χ1n) is 6.68. The van der Waals surface area contributed by atoms with Crippen molar-refractivity contribution >= 4 is 0 Å². The molecule has 0 bridgehead atoms. The number of nitrogens with one attached hydrogen (secondary N) is 1. The average Bonchev–Trinajstić information content (AvgIpc) is 3.08. The van der Waals surface area contributed by atoms with Gasteiger partial charge in [-0.05, 0) is 31.7 Å². The van der Waals surface area contributed by atoms with Crippen molar-refractivity contribution in [1.82, 2.24) is 20.0 Å². The molecule has 0 aromatic carbocycles. The van der Waals surface area contributed by atoms with Crippen LogP contribution in [-0.4, -0.2) is 40.4 Å². The molecule has 0 spiro atoms. The third-order valence-corrected chi connectivity index (χ3v) is 4.03. The molecule has 0 amide bonds. The van der Waals surface area contributed by atoms with E-state index in [0.717, 1.165) is 30.7 Å². The van der Waals surface area contributed by atoms with Crippen LogP contribution in [0.5, 0.6) is 0 Å². The summed E-state index contributed by atoms with van der Waals surface area (Å²) in [6.07, 6.45) is 2.85. The second-order valence-electron chi connectivity index (χ2n) is 5.48. The predicted octanol–water partition coefficient (Wildman–Crippen LogP) is 0.912. The molecule has 1 aliphatic heterocycles. The second kappa shape index (κ2) is 4.42. The van der Waals surface area contributed by atoms with Crippen LogP contribution in [0.15, 0.2) is 6.07 Å². The van der Waals surface area contributed by atoms with E-state index in [4.69, 9.17) is 0 Å². The number of nitrogens with zero attached hydrogens (tertiary/aromatic N) is 3. The molecule has 4 nitrogen and oxygen atoms in total. The SMILES string of the molecule is Cc1cc(CN2CCNCC2C2CC2)n(C)n1. The molecule has 2 aliphatic rings. The van der Waals surface area contributed by atoms with Gasteiger partial charge < -0.3 is 5.32 Å². The fourth-order valence-corrected chi connectivity index (χ4v) is 2.93. The second-order valence-corrected chi connectivity index (χ2v) is 5.48. The summed E-state index contributed by atoms with van der Waals surface area (Å²) in [6, 6.07) is 2.96. The highest BCUT2D eigenvalue weighted by molar-refractivity contribution is 5.09. The topological polar surface area (TPSA) is 33.1 Å². The number of piperazine rings is 1. The van der Waals surface area contributed by atoms with Crippen molar-refractivity contribution in [2.45, 2.75) is 32.4 Å². The van der Waals surface area contributed by atoms with Gasteiger partial charge in [-0.15, -0.1) is 0 Å². The van der Waals surface area contributed by atoms with Crippen LogP contribution in [-0.2, 0) is 13.6 Å². The van der Waals surface area contributed by atoms with Crippen LogP contribution in [0, 0.1) is 12.8 Å². The summed E-state index contributed by atoms with van der Waals surface area (Å²) >= 11 is 0. The van der Waals surface area contributed by atoms with Crippen molar-refractivity contribution in [1.29, 1.82) is 0 Å².